The van der Waals surface area contributed by atoms with E-state index < -0.39 is 19.3 Å². The average molecular weight is 491 g/mol. The van der Waals surface area contributed by atoms with Crippen molar-refractivity contribution in [3.63, 3.8) is 0 Å². The van der Waals surface area contributed by atoms with Gasteiger partial charge in [-0.3, -0.25) is 4.98 Å². The molecule has 1 aromatic heterocycles. The fourth-order valence-electron chi connectivity index (χ4n) is 3.25. The van der Waals surface area contributed by atoms with Crippen LogP contribution in [0.3, 0.4) is 0 Å². The number of ether oxygens (including phenoxy) is 1. The molecule has 3 rings (SSSR count). The van der Waals surface area contributed by atoms with E-state index in [1.165, 1.54) is 18.3 Å². The Morgan fingerprint density at radius 1 is 1.09 bits per heavy atom. The summed E-state index contributed by atoms with van der Waals surface area (Å²) in [5.74, 6) is -0.0583. The number of aromatic nitrogens is 1. The monoisotopic (exact) mass is 491 g/mol. The highest BCUT2D eigenvalue weighted by atomic mass is 19.4. The van der Waals surface area contributed by atoms with Crippen LogP contribution < -0.4 is 20.5 Å². The van der Waals surface area contributed by atoms with Crippen molar-refractivity contribution in [2.24, 2.45) is 0 Å². The Balaban J connectivity index is 1.92. The predicted octanol–water partition coefficient (Wildman–Crippen LogP) is 5.87. The lowest BCUT2D eigenvalue weighted by atomic mass is 10.1. The molecule has 0 aliphatic rings. The Bertz CT molecular complexity index is 1140. The Morgan fingerprint density at radius 2 is 1.83 bits per heavy atom. The third-order valence-corrected chi connectivity index (χ3v) is 4.85. The van der Waals surface area contributed by atoms with E-state index in [0.717, 1.165) is 11.3 Å². The van der Waals surface area contributed by atoms with Gasteiger partial charge in [0.2, 0.25) is 0 Å². The molecule has 0 amide bonds. The van der Waals surface area contributed by atoms with Gasteiger partial charge in [-0.2, -0.15) is 27.2 Å². The molecule has 0 saturated heterocycles. The van der Waals surface area contributed by atoms with Crippen LogP contribution in [-0.4, -0.2) is 24.3 Å². The van der Waals surface area contributed by atoms with Gasteiger partial charge < -0.3 is 15.1 Å². The largest absolute Gasteiger partial charge is 0.435 e. The molecule has 2 N–H and O–H groups in total. The molecule has 2 aromatic carbocycles. The summed E-state index contributed by atoms with van der Waals surface area (Å²) < 4.78 is 67.2. The van der Waals surface area contributed by atoms with Crippen LogP contribution in [0.2, 0.25) is 0 Å². The van der Waals surface area contributed by atoms with E-state index >= 15 is 0 Å². The maximum atomic E-state index is 12.8. The maximum Gasteiger partial charge on any atom is 0.402 e. The summed E-state index contributed by atoms with van der Waals surface area (Å²) in [5, 5.41) is 9.27. The van der Waals surface area contributed by atoms with Gasteiger partial charge in [-0.15, -0.1) is 0 Å². The van der Waals surface area contributed by atoms with Crippen LogP contribution in [0.15, 0.2) is 60.8 Å². The van der Waals surface area contributed by atoms with Crippen LogP contribution in [0.4, 0.5) is 39.0 Å². The third-order valence-electron chi connectivity index (χ3n) is 4.85. The zero-order chi connectivity index (χ0) is 25.4. The molecule has 0 bridgehead atoms. The molecule has 0 spiro atoms. The SMILES string of the molecule is Cc1ccc(N(Cc2ccc(NNCC(F)(F)F)cn2)c2cc(OC(F)F)ccc2CC#N)cc1. The van der Waals surface area contributed by atoms with E-state index in [4.69, 9.17) is 0 Å². The highest BCUT2D eigenvalue weighted by Crippen LogP contribution is 2.34. The average Bonchev–Trinajstić information content (AvgIpc) is 2.79. The van der Waals surface area contributed by atoms with Crippen molar-refractivity contribution < 1.29 is 26.7 Å². The smallest absolute Gasteiger partial charge is 0.402 e. The van der Waals surface area contributed by atoms with Crippen molar-refractivity contribution in [1.82, 2.24) is 10.4 Å². The van der Waals surface area contributed by atoms with Gasteiger partial charge in [0.1, 0.15) is 12.3 Å². The second-order valence-corrected chi connectivity index (χ2v) is 7.56. The number of alkyl halides is 5. The minimum Gasteiger partial charge on any atom is -0.435 e. The molecule has 0 unspecified atom stereocenters. The van der Waals surface area contributed by atoms with Gasteiger partial charge in [-0.05, 0) is 42.8 Å². The number of aryl methyl sites for hydroxylation is 1. The van der Waals surface area contributed by atoms with E-state index in [9.17, 15) is 27.2 Å². The van der Waals surface area contributed by atoms with Crippen LogP contribution in [0.1, 0.15) is 16.8 Å². The number of anilines is 3. The third kappa shape index (κ3) is 7.82. The fourth-order valence-corrected chi connectivity index (χ4v) is 3.25. The first kappa shape index (κ1) is 25.7. The summed E-state index contributed by atoms with van der Waals surface area (Å²) in [6, 6.07) is 17.1. The van der Waals surface area contributed by atoms with Gasteiger partial charge in [0, 0.05) is 17.4 Å². The van der Waals surface area contributed by atoms with Crippen molar-refractivity contribution in [2.75, 3.05) is 16.9 Å². The molecule has 0 atom stereocenters. The fraction of sp³-hybridized carbons (Fsp3) is 0.250. The van der Waals surface area contributed by atoms with Crippen LogP contribution >= 0.6 is 0 Å². The highest BCUT2D eigenvalue weighted by Gasteiger charge is 2.26. The molecule has 11 heteroatoms. The van der Waals surface area contributed by atoms with Crippen LogP contribution in [0.5, 0.6) is 5.75 Å². The molecule has 184 valence electrons. The molecule has 35 heavy (non-hydrogen) atoms. The van der Waals surface area contributed by atoms with E-state index in [1.807, 2.05) is 36.1 Å². The van der Waals surface area contributed by atoms with Gasteiger partial charge in [0.05, 0.1) is 36.6 Å². The first-order chi connectivity index (χ1) is 16.6. The van der Waals surface area contributed by atoms with Crippen LogP contribution in [-0.2, 0) is 13.0 Å². The van der Waals surface area contributed by atoms with Crippen molar-refractivity contribution in [3.8, 4) is 11.8 Å². The number of benzene rings is 2. The Kier molecular flexibility index (Phi) is 8.43. The Hall–Kier alpha value is -3.91. The summed E-state index contributed by atoms with van der Waals surface area (Å²) in [7, 11) is 0. The number of nitriles is 1. The van der Waals surface area contributed by atoms with Crippen molar-refractivity contribution in [3.05, 3.63) is 77.6 Å². The lowest BCUT2D eigenvalue weighted by molar-refractivity contribution is -0.123. The molecular weight excluding hydrogens is 469 g/mol. The summed E-state index contributed by atoms with van der Waals surface area (Å²) in [5.41, 5.74) is 8.21. The van der Waals surface area contributed by atoms with Crippen molar-refractivity contribution >= 4 is 17.1 Å². The first-order valence-corrected chi connectivity index (χ1v) is 10.4. The molecule has 1 heterocycles. The molecule has 0 aliphatic heterocycles. The summed E-state index contributed by atoms with van der Waals surface area (Å²) >= 11 is 0. The molecule has 3 aromatic rings. The van der Waals surface area contributed by atoms with E-state index in [2.05, 4.69) is 26.6 Å². The van der Waals surface area contributed by atoms with Gasteiger partial charge >= 0.3 is 12.8 Å². The summed E-state index contributed by atoms with van der Waals surface area (Å²) in [6.07, 6.45) is -2.95. The van der Waals surface area contributed by atoms with E-state index in [0.29, 0.717) is 22.6 Å². The first-order valence-electron chi connectivity index (χ1n) is 10.4. The van der Waals surface area contributed by atoms with Gasteiger partial charge in [0.15, 0.2) is 0 Å². The zero-order valence-electron chi connectivity index (χ0n) is 18.6. The summed E-state index contributed by atoms with van der Waals surface area (Å²) in [4.78, 5) is 6.11. The van der Waals surface area contributed by atoms with Crippen molar-refractivity contribution in [2.45, 2.75) is 32.7 Å². The Morgan fingerprint density at radius 3 is 2.43 bits per heavy atom. The number of nitrogens with one attached hydrogen (secondary N) is 2. The van der Waals surface area contributed by atoms with E-state index in [1.54, 1.807) is 18.2 Å². The Labute approximate surface area is 198 Å². The maximum absolute atomic E-state index is 12.8. The number of rotatable bonds is 10. The lowest BCUT2D eigenvalue weighted by Gasteiger charge is -2.27. The predicted molar refractivity (Wildman–Crippen MR) is 121 cm³/mol. The molecule has 0 aliphatic carbocycles. The zero-order valence-corrected chi connectivity index (χ0v) is 18.6. The number of hydrazine groups is 1. The minimum atomic E-state index is -4.36. The van der Waals surface area contributed by atoms with Gasteiger partial charge in [-0.1, -0.05) is 23.8 Å². The summed E-state index contributed by atoms with van der Waals surface area (Å²) in [6.45, 7) is -2.11. The van der Waals surface area contributed by atoms with Crippen LogP contribution in [0.25, 0.3) is 0 Å². The standard InChI is InChI=1S/C24H22F5N5O/c1-16-2-7-20(8-3-16)34(22-12-21(35-23(25)26)9-4-17(22)10-11-30)14-19-6-5-18(13-31-19)33-32-15-24(27,28)29/h2-9,12-13,23,32-33H,10,14-15H2,1H3. The topological polar surface area (TPSA) is 73.2 Å². The molecule has 0 fully saturated rings. The van der Waals surface area contributed by atoms with Gasteiger partial charge in [-0.25, -0.2) is 5.43 Å². The second kappa shape index (κ2) is 11.5. The number of nitrogens with zero attached hydrogens (tertiary/aromatic N) is 3. The highest BCUT2D eigenvalue weighted by molar-refractivity contribution is 5.69. The normalized spacial score (nSPS) is 11.3. The molecular formula is C24H22F5N5O. The van der Waals surface area contributed by atoms with Crippen molar-refractivity contribution in [1.29, 1.82) is 5.26 Å². The minimum absolute atomic E-state index is 0.0355. The van der Waals surface area contributed by atoms with E-state index in [-0.39, 0.29) is 18.7 Å². The van der Waals surface area contributed by atoms with Crippen LogP contribution in [0, 0.1) is 18.3 Å². The second-order valence-electron chi connectivity index (χ2n) is 7.56. The number of hydrogen-bond donors (Lipinski definition) is 2. The molecule has 0 radical (unpaired) electrons. The number of halogens is 5. The molecule has 6 nitrogen and oxygen atoms in total. The molecule has 0 saturated carbocycles. The number of pyridine rings is 1. The lowest BCUT2D eigenvalue weighted by Crippen LogP contribution is -2.33. The number of hydrogen-bond acceptors (Lipinski definition) is 6. The van der Waals surface area contributed by atoms with Gasteiger partial charge in [0.25, 0.3) is 0 Å². The quantitative estimate of drug-likeness (QED) is 0.273.